The van der Waals surface area contributed by atoms with Crippen LogP contribution in [0.5, 0.6) is 0 Å². The quantitative estimate of drug-likeness (QED) is 0.685. The summed E-state index contributed by atoms with van der Waals surface area (Å²) in [7, 11) is 2.05. The Morgan fingerprint density at radius 2 is 2.35 bits per heavy atom. The van der Waals surface area contributed by atoms with Crippen LogP contribution in [0.1, 0.15) is 12.8 Å². The molecule has 1 atom stereocenters. The lowest BCUT2D eigenvalue weighted by Crippen LogP contribution is -2.35. The minimum absolute atomic E-state index is 0.185. The van der Waals surface area contributed by atoms with E-state index in [0.717, 1.165) is 38.1 Å². The van der Waals surface area contributed by atoms with Crippen molar-refractivity contribution in [1.29, 1.82) is 0 Å². The molecule has 0 aromatic heterocycles. The first-order valence-electron chi connectivity index (χ1n) is 6.53. The van der Waals surface area contributed by atoms with E-state index in [2.05, 4.69) is 17.3 Å². The van der Waals surface area contributed by atoms with Gasteiger partial charge in [-0.05, 0) is 32.4 Å². The summed E-state index contributed by atoms with van der Waals surface area (Å²) < 4.78 is 13.4. The zero-order valence-corrected chi connectivity index (χ0v) is 12.0. The number of likely N-dealkylation sites (tertiary alicyclic amines) is 1. The van der Waals surface area contributed by atoms with Gasteiger partial charge < -0.3 is 10.2 Å². The van der Waals surface area contributed by atoms with E-state index in [1.165, 1.54) is 0 Å². The number of benzene rings is 1. The summed E-state index contributed by atoms with van der Waals surface area (Å²) >= 11 is 5.58. The molecule has 7 heteroatoms. The highest BCUT2D eigenvalue weighted by Crippen LogP contribution is 2.30. The molecular formula is C13H17ClFN3O2. The van der Waals surface area contributed by atoms with Gasteiger partial charge in [0.1, 0.15) is 11.5 Å². The highest BCUT2D eigenvalue weighted by Gasteiger charge is 2.21. The number of nitro benzene ring substituents is 1. The zero-order valence-electron chi connectivity index (χ0n) is 11.2. The molecule has 0 radical (unpaired) electrons. The average molecular weight is 302 g/mol. The van der Waals surface area contributed by atoms with Crippen molar-refractivity contribution in [2.24, 2.45) is 5.92 Å². The third kappa shape index (κ3) is 3.58. The van der Waals surface area contributed by atoms with Crippen molar-refractivity contribution < 1.29 is 9.31 Å². The molecule has 0 spiro atoms. The smallest absolute Gasteiger partial charge is 0.294 e. The first-order chi connectivity index (χ1) is 9.47. The van der Waals surface area contributed by atoms with Crippen LogP contribution in [0.15, 0.2) is 12.1 Å². The van der Waals surface area contributed by atoms with Gasteiger partial charge in [-0.25, -0.2) is 4.39 Å². The van der Waals surface area contributed by atoms with E-state index in [9.17, 15) is 14.5 Å². The van der Waals surface area contributed by atoms with Gasteiger partial charge in [0, 0.05) is 25.2 Å². The van der Waals surface area contributed by atoms with Gasteiger partial charge in [-0.1, -0.05) is 11.6 Å². The number of piperidine rings is 1. The maximum Gasteiger partial charge on any atom is 0.294 e. The molecule has 1 fully saturated rings. The molecule has 110 valence electrons. The second-order valence-electron chi connectivity index (χ2n) is 5.19. The van der Waals surface area contributed by atoms with E-state index < -0.39 is 10.7 Å². The molecule has 0 saturated carbocycles. The molecule has 1 aliphatic rings. The van der Waals surface area contributed by atoms with Crippen molar-refractivity contribution in [2.45, 2.75) is 12.8 Å². The van der Waals surface area contributed by atoms with E-state index in [-0.39, 0.29) is 16.4 Å². The Bertz CT molecular complexity index is 513. The molecule has 1 aromatic rings. The van der Waals surface area contributed by atoms with Crippen LogP contribution in [0, 0.1) is 21.8 Å². The molecule has 1 unspecified atom stereocenters. The largest absolute Gasteiger partial charge is 0.379 e. The van der Waals surface area contributed by atoms with E-state index in [1.807, 2.05) is 0 Å². The van der Waals surface area contributed by atoms with Gasteiger partial charge in [-0.3, -0.25) is 10.1 Å². The SMILES string of the molecule is CN1CCCC(CNc2cc(F)c(Cl)cc2[N+](=O)[O-])C1. The number of nitrogens with one attached hydrogen (secondary N) is 1. The van der Waals surface area contributed by atoms with Crippen molar-refractivity contribution in [1.82, 2.24) is 4.90 Å². The number of hydrogen-bond acceptors (Lipinski definition) is 4. The molecule has 1 heterocycles. The van der Waals surface area contributed by atoms with Crippen molar-refractivity contribution in [3.8, 4) is 0 Å². The molecule has 5 nitrogen and oxygen atoms in total. The van der Waals surface area contributed by atoms with Crippen LogP contribution >= 0.6 is 11.6 Å². The third-order valence-corrected chi connectivity index (χ3v) is 3.83. The van der Waals surface area contributed by atoms with Gasteiger partial charge in [0.2, 0.25) is 0 Å². The molecule has 1 N–H and O–H groups in total. The second kappa shape index (κ2) is 6.37. The van der Waals surface area contributed by atoms with Crippen LogP contribution < -0.4 is 5.32 Å². The van der Waals surface area contributed by atoms with Crippen LogP contribution in [-0.2, 0) is 0 Å². The zero-order chi connectivity index (χ0) is 14.7. The summed E-state index contributed by atoms with van der Waals surface area (Å²) in [5.74, 6) is -0.243. The Kier molecular flexibility index (Phi) is 4.77. The molecule has 0 amide bonds. The van der Waals surface area contributed by atoms with Gasteiger partial charge in [-0.15, -0.1) is 0 Å². The summed E-state index contributed by atoms with van der Waals surface area (Å²) in [6.07, 6.45) is 2.18. The summed E-state index contributed by atoms with van der Waals surface area (Å²) in [5.41, 5.74) is -0.00862. The fourth-order valence-corrected chi connectivity index (χ4v) is 2.68. The van der Waals surface area contributed by atoms with Crippen LogP contribution in [0.25, 0.3) is 0 Å². The number of anilines is 1. The number of nitrogens with zero attached hydrogens (tertiary/aromatic N) is 2. The normalized spacial score (nSPS) is 19.9. The van der Waals surface area contributed by atoms with Crippen molar-refractivity contribution in [3.63, 3.8) is 0 Å². The van der Waals surface area contributed by atoms with Crippen molar-refractivity contribution >= 4 is 23.0 Å². The first-order valence-corrected chi connectivity index (χ1v) is 6.91. The summed E-state index contributed by atoms with van der Waals surface area (Å²) in [6, 6.07) is 2.14. The van der Waals surface area contributed by atoms with Gasteiger partial charge in [0.15, 0.2) is 0 Å². The lowest BCUT2D eigenvalue weighted by molar-refractivity contribution is -0.384. The number of rotatable bonds is 4. The van der Waals surface area contributed by atoms with Crippen molar-refractivity contribution in [3.05, 3.63) is 33.1 Å². The summed E-state index contributed by atoms with van der Waals surface area (Å²) in [5, 5.41) is 13.7. The van der Waals surface area contributed by atoms with Crippen LogP contribution in [0.2, 0.25) is 5.02 Å². The van der Waals surface area contributed by atoms with Crippen LogP contribution in [-0.4, -0.2) is 36.5 Å². The minimum atomic E-state index is -0.652. The molecular weight excluding hydrogens is 285 g/mol. The molecule has 1 aromatic carbocycles. The fourth-order valence-electron chi connectivity index (χ4n) is 2.52. The Hall–Kier alpha value is -1.40. The topological polar surface area (TPSA) is 58.4 Å². The Morgan fingerprint density at radius 3 is 3.00 bits per heavy atom. The fraction of sp³-hybridized carbons (Fsp3) is 0.538. The summed E-state index contributed by atoms with van der Waals surface area (Å²) in [4.78, 5) is 12.6. The first kappa shape index (κ1) is 15.0. The van der Waals surface area contributed by atoms with E-state index >= 15 is 0 Å². The van der Waals surface area contributed by atoms with Crippen molar-refractivity contribution in [2.75, 3.05) is 32.0 Å². The average Bonchev–Trinajstić information content (AvgIpc) is 2.39. The number of halogens is 2. The third-order valence-electron chi connectivity index (χ3n) is 3.54. The Labute approximate surface area is 121 Å². The van der Waals surface area contributed by atoms with Gasteiger partial charge in [0.05, 0.1) is 9.95 Å². The number of nitro groups is 1. The molecule has 1 aliphatic heterocycles. The maximum atomic E-state index is 13.4. The predicted octanol–water partition coefficient (Wildman–Crippen LogP) is 3.14. The lowest BCUT2D eigenvalue weighted by atomic mass is 9.98. The monoisotopic (exact) mass is 301 g/mol. The maximum absolute atomic E-state index is 13.4. The molecule has 0 aliphatic carbocycles. The van der Waals surface area contributed by atoms with Gasteiger partial charge in [-0.2, -0.15) is 0 Å². The van der Waals surface area contributed by atoms with E-state index in [0.29, 0.717) is 12.5 Å². The molecule has 20 heavy (non-hydrogen) atoms. The molecule has 2 rings (SSSR count). The van der Waals surface area contributed by atoms with Crippen LogP contribution in [0.3, 0.4) is 0 Å². The Morgan fingerprint density at radius 1 is 1.60 bits per heavy atom. The standard InChI is InChI=1S/C13H17ClFN3O2/c1-17-4-2-3-9(8-17)7-16-12-6-11(15)10(14)5-13(12)18(19)20/h5-6,9,16H,2-4,7-8H2,1H3. The van der Waals surface area contributed by atoms with Crippen LogP contribution in [0.4, 0.5) is 15.8 Å². The summed E-state index contributed by atoms with van der Waals surface area (Å²) in [6.45, 7) is 2.61. The molecule has 0 bridgehead atoms. The minimum Gasteiger partial charge on any atom is -0.379 e. The van der Waals surface area contributed by atoms with E-state index in [4.69, 9.17) is 11.6 Å². The lowest BCUT2D eigenvalue weighted by Gasteiger charge is -2.29. The molecule has 1 saturated heterocycles. The second-order valence-corrected chi connectivity index (χ2v) is 5.60. The highest BCUT2D eigenvalue weighted by molar-refractivity contribution is 6.31. The van der Waals surface area contributed by atoms with E-state index in [1.54, 1.807) is 0 Å². The Balaban J connectivity index is 2.08. The van der Waals surface area contributed by atoms with Gasteiger partial charge in [0.25, 0.3) is 5.69 Å². The number of hydrogen-bond donors (Lipinski definition) is 1. The predicted molar refractivity (Wildman–Crippen MR) is 76.8 cm³/mol. The highest BCUT2D eigenvalue weighted by atomic mass is 35.5. The van der Waals surface area contributed by atoms with Gasteiger partial charge >= 0.3 is 0 Å².